The molecular formula is C5H14N2O4P. The Balaban J connectivity index is 3.91. The van der Waals surface area contributed by atoms with E-state index < -0.39 is 14.1 Å². The molecule has 0 bridgehead atoms. The van der Waals surface area contributed by atoms with Crippen LogP contribution in [0.25, 0.3) is 0 Å². The molecule has 0 aromatic carbocycles. The van der Waals surface area contributed by atoms with Gasteiger partial charge in [-0.15, -0.1) is 0 Å². The summed E-state index contributed by atoms with van der Waals surface area (Å²) >= 11 is 0. The van der Waals surface area contributed by atoms with E-state index in [-0.39, 0.29) is 6.54 Å². The third kappa shape index (κ3) is 8.13. The molecule has 0 spiro atoms. The Labute approximate surface area is 71.8 Å². The summed E-state index contributed by atoms with van der Waals surface area (Å²) in [6.07, 6.45) is -1.25. The quantitative estimate of drug-likeness (QED) is 0.451. The largest absolute Gasteiger partial charge is 0.756 e. The van der Waals surface area contributed by atoms with Crippen molar-refractivity contribution in [2.24, 2.45) is 0 Å². The first-order valence-electron chi connectivity index (χ1n) is 3.34. The molecule has 0 aliphatic carbocycles. The summed E-state index contributed by atoms with van der Waals surface area (Å²) in [7, 11) is 0.614. The maximum absolute atomic E-state index is 10.2. The van der Waals surface area contributed by atoms with Gasteiger partial charge in [-0.3, -0.25) is 9.09 Å². The summed E-state index contributed by atoms with van der Waals surface area (Å²) in [5, 5.41) is 0. The van der Waals surface area contributed by atoms with E-state index in [1.165, 1.54) is 0 Å². The van der Waals surface area contributed by atoms with Gasteiger partial charge in [-0.25, -0.2) is 5.73 Å². The van der Waals surface area contributed by atoms with E-state index in [1.807, 2.05) is 0 Å². The maximum Gasteiger partial charge on any atom is 0.267 e. The Bertz CT molecular complexity index is 184. The van der Waals surface area contributed by atoms with Crippen LogP contribution >= 0.6 is 7.82 Å². The van der Waals surface area contributed by atoms with Gasteiger partial charge in [0.1, 0.15) is 6.54 Å². The highest BCUT2D eigenvalue weighted by Gasteiger charge is 2.18. The number of nitrogens with zero attached hydrogens (tertiary/aromatic N) is 1. The van der Waals surface area contributed by atoms with Gasteiger partial charge < -0.3 is 14.3 Å². The fraction of sp³-hybridized carbons (Fsp3) is 1.00. The molecule has 0 rings (SSSR count). The Morgan fingerprint density at radius 1 is 1.67 bits per heavy atom. The summed E-state index contributed by atoms with van der Waals surface area (Å²) < 4.78 is 14.6. The number of likely N-dealkylation sites (N-methyl/N-ethyl adjacent to an activating group) is 1. The molecule has 6 nitrogen and oxygen atoms in total. The van der Waals surface area contributed by atoms with Crippen LogP contribution in [0.4, 0.5) is 0 Å². The number of nitrogens with one attached hydrogen (secondary N) is 1. The first-order valence-corrected chi connectivity index (χ1v) is 4.83. The molecule has 2 atom stereocenters. The van der Waals surface area contributed by atoms with Gasteiger partial charge in [0.25, 0.3) is 7.82 Å². The number of quaternary nitrogens is 1. The van der Waals surface area contributed by atoms with Gasteiger partial charge in [-0.05, 0) is 0 Å². The third-order valence-electron chi connectivity index (χ3n) is 0.974. The van der Waals surface area contributed by atoms with E-state index in [0.29, 0.717) is 4.48 Å². The summed E-state index contributed by atoms with van der Waals surface area (Å²) in [6, 6.07) is 0. The molecule has 2 N–H and O–H groups in total. The summed E-state index contributed by atoms with van der Waals surface area (Å²) in [4.78, 5) is 18.4. The number of phosphoric acid groups is 1. The predicted molar refractivity (Wildman–Crippen MR) is 40.7 cm³/mol. The monoisotopic (exact) mass is 197 g/mol. The van der Waals surface area contributed by atoms with E-state index in [1.54, 1.807) is 21.1 Å². The molecule has 0 amide bonds. The summed E-state index contributed by atoms with van der Waals surface area (Å²) in [5.41, 5.74) is 7.11. The lowest BCUT2D eigenvalue weighted by atomic mass is 10.5. The van der Waals surface area contributed by atoms with Crippen molar-refractivity contribution in [3.05, 3.63) is 0 Å². The second-order valence-corrected chi connectivity index (χ2v) is 4.68. The fourth-order valence-electron chi connectivity index (χ4n) is 0.692. The molecular weight excluding hydrogens is 183 g/mol. The van der Waals surface area contributed by atoms with Crippen LogP contribution in [0.15, 0.2) is 0 Å². The molecule has 0 aliphatic rings. The van der Waals surface area contributed by atoms with Gasteiger partial charge in [0.15, 0.2) is 6.23 Å². The highest BCUT2D eigenvalue weighted by atomic mass is 31.2. The molecule has 0 heterocycles. The molecule has 7 heteroatoms. The zero-order chi connectivity index (χ0) is 9.99. The van der Waals surface area contributed by atoms with E-state index >= 15 is 0 Å². The molecule has 73 valence electrons. The van der Waals surface area contributed by atoms with Crippen LogP contribution in [0.5, 0.6) is 0 Å². The van der Waals surface area contributed by atoms with Crippen LogP contribution in [-0.2, 0) is 9.09 Å². The zero-order valence-electron chi connectivity index (χ0n) is 7.35. The van der Waals surface area contributed by atoms with Crippen LogP contribution in [0.2, 0.25) is 0 Å². The lowest BCUT2D eigenvalue weighted by Crippen LogP contribution is -2.42. The SMILES string of the molecule is C[N+](C)(C)CC([NH])OP(=O)([O-])O. The minimum absolute atomic E-state index is 0.187. The Morgan fingerprint density at radius 2 is 2.08 bits per heavy atom. The second-order valence-electron chi connectivity index (χ2n) is 3.54. The maximum atomic E-state index is 10.2. The minimum atomic E-state index is -4.76. The Kier molecular flexibility index (Phi) is 3.84. The Morgan fingerprint density at radius 3 is 2.33 bits per heavy atom. The predicted octanol–water partition coefficient (Wildman–Crippen LogP) is -1.22. The molecule has 12 heavy (non-hydrogen) atoms. The summed E-state index contributed by atoms with van der Waals surface area (Å²) in [5.74, 6) is 0. The number of rotatable bonds is 4. The van der Waals surface area contributed by atoms with Crippen molar-refractivity contribution in [2.75, 3.05) is 27.7 Å². The molecule has 0 aromatic rings. The summed E-state index contributed by atoms with van der Waals surface area (Å²) in [6.45, 7) is 0.187. The van der Waals surface area contributed by atoms with Crippen LogP contribution in [0.3, 0.4) is 0 Å². The third-order valence-corrected chi connectivity index (χ3v) is 1.49. The average Bonchev–Trinajstić information content (AvgIpc) is 1.49. The second kappa shape index (κ2) is 3.83. The molecule has 0 fully saturated rings. The van der Waals surface area contributed by atoms with Crippen molar-refractivity contribution in [1.82, 2.24) is 5.73 Å². The van der Waals surface area contributed by atoms with Crippen molar-refractivity contribution in [3.63, 3.8) is 0 Å². The smallest absolute Gasteiger partial charge is 0.267 e. The van der Waals surface area contributed by atoms with Crippen molar-refractivity contribution in [3.8, 4) is 0 Å². The van der Waals surface area contributed by atoms with Crippen molar-refractivity contribution >= 4 is 7.82 Å². The van der Waals surface area contributed by atoms with Gasteiger partial charge in [0.2, 0.25) is 0 Å². The minimum Gasteiger partial charge on any atom is -0.756 e. The first-order chi connectivity index (χ1) is 5.10. The molecule has 0 saturated carbocycles. The average molecular weight is 197 g/mol. The van der Waals surface area contributed by atoms with Crippen LogP contribution < -0.4 is 10.6 Å². The first kappa shape index (κ1) is 12.0. The topological polar surface area (TPSA) is 93.4 Å². The van der Waals surface area contributed by atoms with Gasteiger partial charge in [0, 0.05) is 0 Å². The molecule has 2 unspecified atom stereocenters. The molecule has 0 aliphatic heterocycles. The highest BCUT2D eigenvalue weighted by Crippen LogP contribution is 2.31. The van der Waals surface area contributed by atoms with Gasteiger partial charge in [-0.2, -0.15) is 0 Å². The van der Waals surface area contributed by atoms with Gasteiger partial charge in [0.05, 0.1) is 21.1 Å². The van der Waals surface area contributed by atoms with E-state index in [4.69, 9.17) is 10.6 Å². The van der Waals surface area contributed by atoms with Crippen molar-refractivity contribution in [1.29, 1.82) is 0 Å². The standard InChI is InChI=1S/C5H14N2O4P/c1-7(2,3)4-5(6)11-12(8,9)10/h5-6H,4H2,1-3H3,(H-,8,9,10). The van der Waals surface area contributed by atoms with E-state index in [2.05, 4.69) is 4.52 Å². The number of phosphoric ester groups is 1. The normalized spacial score (nSPS) is 20.2. The molecule has 0 saturated heterocycles. The highest BCUT2D eigenvalue weighted by molar-refractivity contribution is 7.44. The van der Waals surface area contributed by atoms with Crippen LogP contribution in [0.1, 0.15) is 0 Å². The fourth-order valence-corrected chi connectivity index (χ4v) is 1.08. The Hall–Kier alpha value is 0.0300. The number of hydrogen-bond acceptors (Lipinski definition) is 3. The van der Waals surface area contributed by atoms with Gasteiger partial charge >= 0.3 is 0 Å². The van der Waals surface area contributed by atoms with E-state index in [0.717, 1.165) is 0 Å². The molecule has 1 radical (unpaired) electrons. The van der Waals surface area contributed by atoms with Crippen molar-refractivity contribution < 1.29 is 23.4 Å². The lowest BCUT2D eigenvalue weighted by Gasteiger charge is -2.28. The molecule has 0 aromatic heterocycles. The zero-order valence-corrected chi connectivity index (χ0v) is 8.25. The van der Waals surface area contributed by atoms with Crippen LogP contribution in [-0.4, -0.2) is 43.3 Å². The lowest BCUT2D eigenvalue weighted by molar-refractivity contribution is -0.873. The van der Waals surface area contributed by atoms with E-state index in [9.17, 15) is 9.46 Å². The van der Waals surface area contributed by atoms with Gasteiger partial charge in [-0.1, -0.05) is 0 Å². The van der Waals surface area contributed by atoms with Crippen molar-refractivity contribution in [2.45, 2.75) is 6.23 Å². The van der Waals surface area contributed by atoms with Crippen LogP contribution in [0, 0.1) is 0 Å². The number of hydrogen-bond donors (Lipinski definition) is 1.